The predicted octanol–water partition coefficient (Wildman–Crippen LogP) is 9.73. The van der Waals surface area contributed by atoms with Crippen molar-refractivity contribution in [2.24, 2.45) is 0 Å². The van der Waals surface area contributed by atoms with Gasteiger partial charge in [-0.1, -0.05) is 154 Å². The van der Waals surface area contributed by atoms with Crippen LogP contribution in [0.1, 0.15) is 88.5 Å². The summed E-state index contributed by atoms with van der Waals surface area (Å²) < 4.78 is 11.4. The molecule has 1 heterocycles. The topological polar surface area (TPSA) is 99.4 Å². The zero-order valence-electron chi connectivity index (χ0n) is 33.3. The third-order valence-electron chi connectivity index (χ3n) is 8.09. The second kappa shape index (κ2) is 25.4. The molecule has 0 aromatic heterocycles. The first-order chi connectivity index (χ1) is 24.5. The van der Waals surface area contributed by atoms with Crippen LogP contribution in [-0.2, 0) is 9.47 Å². The van der Waals surface area contributed by atoms with Crippen LogP contribution in [0.3, 0.4) is 0 Å². The molecular weight excluding hydrogens is 649 g/mol. The van der Waals surface area contributed by atoms with Gasteiger partial charge in [0, 0.05) is 0 Å². The van der Waals surface area contributed by atoms with Gasteiger partial charge < -0.3 is 29.9 Å². The SMILES string of the molecule is CC(C)=CCC/C(C)=C/C=C/C(C)=C/C=C/C(C)=C/C=C/C=C(C)/C=C/C=C(C)/C=C/C=C(C)/C=C/CC(C)(C)O[C@@H]1O[C@H](CO)[C@@H](O)[C@H](O)[C@H]1O. The summed E-state index contributed by atoms with van der Waals surface area (Å²) >= 11 is 0. The number of rotatable bonds is 19. The van der Waals surface area contributed by atoms with Gasteiger partial charge in [-0.15, -0.1) is 0 Å². The molecular formula is C46H66O6. The molecule has 0 aliphatic carbocycles. The summed E-state index contributed by atoms with van der Waals surface area (Å²) in [4.78, 5) is 0. The Hall–Kier alpha value is -3.62. The van der Waals surface area contributed by atoms with Crippen molar-refractivity contribution in [1.82, 2.24) is 0 Å². The molecule has 6 heteroatoms. The number of ether oxygens (including phenoxy) is 2. The minimum Gasteiger partial charge on any atom is -0.394 e. The molecule has 0 aromatic rings. The first-order valence-corrected chi connectivity index (χ1v) is 18.2. The highest BCUT2D eigenvalue weighted by Gasteiger charge is 2.45. The number of hydrogen-bond donors (Lipinski definition) is 4. The minimum absolute atomic E-state index is 0.494. The highest BCUT2D eigenvalue weighted by Crippen LogP contribution is 2.27. The molecule has 1 aliphatic heterocycles. The van der Waals surface area contributed by atoms with Crippen molar-refractivity contribution >= 4 is 0 Å². The van der Waals surface area contributed by atoms with Crippen molar-refractivity contribution in [3.8, 4) is 0 Å². The van der Waals surface area contributed by atoms with E-state index in [2.05, 4.69) is 121 Å². The smallest absolute Gasteiger partial charge is 0.187 e. The molecule has 1 saturated heterocycles. The van der Waals surface area contributed by atoms with E-state index in [1.165, 1.54) is 22.3 Å². The third kappa shape index (κ3) is 21.0. The van der Waals surface area contributed by atoms with Crippen LogP contribution in [-0.4, -0.2) is 63.3 Å². The summed E-state index contributed by atoms with van der Waals surface area (Å²) in [5, 5.41) is 39.6. The second-order valence-corrected chi connectivity index (χ2v) is 14.4. The average molecular weight is 715 g/mol. The minimum atomic E-state index is -1.47. The third-order valence-corrected chi connectivity index (χ3v) is 8.09. The summed E-state index contributed by atoms with van der Waals surface area (Å²) in [7, 11) is 0. The van der Waals surface area contributed by atoms with Gasteiger partial charge in [0.2, 0.25) is 0 Å². The number of aliphatic hydroxyl groups is 4. The standard InChI is InChI=1S/C46H66O6/c1-34(2)19-13-22-37(5)25-16-28-38(6)26-14-23-35(3)20-11-12-21-36(4)24-15-27-39(7)29-17-30-40(8)31-18-32-46(9,10)52-45-44(50)43(49)42(48)41(33-47)51-45/h11-12,14-21,23-31,41-45,47-50H,13,22,32-33H2,1-10H3/b12-11+,23-14+,24-15+,28-16+,29-17+,31-18+,35-20+,36-21+,37-25+,38-26+,39-27+,40-30+/t41-,42-,43+,44-,45+/m1/s1. The largest absolute Gasteiger partial charge is 0.394 e. The molecule has 1 aliphatic rings. The van der Waals surface area contributed by atoms with E-state index in [0.29, 0.717) is 6.42 Å². The number of hydrogen-bond acceptors (Lipinski definition) is 6. The molecule has 0 radical (unpaired) electrons. The number of allylic oxidation sites excluding steroid dienone is 25. The van der Waals surface area contributed by atoms with Crippen LogP contribution in [0.2, 0.25) is 0 Å². The summed E-state index contributed by atoms with van der Waals surface area (Å²) in [6, 6.07) is 0. The normalized spacial score (nSPS) is 23.9. The molecule has 4 N–H and O–H groups in total. The van der Waals surface area contributed by atoms with Gasteiger partial charge in [0.1, 0.15) is 24.4 Å². The van der Waals surface area contributed by atoms with Crippen LogP contribution in [0.5, 0.6) is 0 Å². The van der Waals surface area contributed by atoms with Crippen molar-refractivity contribution in [3.05, 3.63) is 154 Å². The Labute approximate surface area is 315 Å². The fourth-order valence-corrected chi connectivity index (χ4v) is 4.84. The lowest BCUT2D eigenvalue weighted by atomic mass is 9.98. The van der Waals surface area contributed by atoms with E-state index in [0.717, 1.165) is 29.6 Å². The Bertz CT molecular complexity index is 1490. The van der Waals surface area contributed by atoms with E-state index in [9.17, 15) is 20.4 Å². The van der Waals surface area contributed by atoms with E-state index >= 15 is 0 Å². The molecule has 0 bridgehead atoms. The van der Waals surface area contributed by atoms with Crippen LogP contribution in [0.15, 0.2) is 154 Å². The quantitative estimate of drug-likeness (QED) is 0.0786. The van der Waals surface area contributed by atoms with E-state index < -0.39 is 42.9 Å². The molecule has 0 amide bonds. The maximum atomic E-state index is 10.3. The first kappa shape index (κ1) is 46.4. The Morgan fingerprint density at radius 3 is 1.50 bits per heavy atom. The van der Waals surface area contributed by atoms with Crippen molar-refractivity contribution in [2.45, 2.75) is 125 Å². The summed E-state index contributed by atoms with van der Waals surface area (Å²) in [6.07, 6.45) is 35.8. The van der Waals surface area contributed by atoms with Crippen LogP contribution >= 0.6 is 0 Å². The van der Waals surface area contributed by atoms with Crippen molar-refractivity contribution in [2.75, 3.05) is 6.61 Å². The molecule has 5 atom stereocenters. The molecule has 6 nitrogen and oxygen atoms in total. The Morgan fingerprint density at radius 1 is 0.596 bits per heavy atom. The van der Waals surface area contributed by atoms with Crippen molar-refractivity contribution in [3.63, 3.8) is 0 Å². The molecule has 0 saturated carbocycles. The fourth-order valence-electron chi connectivity index (χ4n) is 4.84. The summed E-state index contributed by atoms with van der Waals surface area (Å²) in [5.41, 5.74) is 7.74. The van der Waals surface area contributed by atoms with E-state index in [1.807, 2.05) is 63.3 Å². The van der Waals surface area contributed by atoms with Crippen LogP contribution < -0.4 is 0 Å². The number of aliphatic hydroxyl groups excluding tert-OH is 4. The lowest BCUT2D eigenvalue weighted by Gasteiger charge is -2.42. The van der Waals surface area contributed by atoms with Gasteiger partial charge in [0.05, 0.1) is 12.2 Å². The average Bonchev–Trinajstić information content (AvgIpc) is 3.06. The highest BCUT2D eigenvalue weighted by molar-refractivity contribution is 5.33. The fraction of sp³-hybridized carbons (Fsp3) is 0.435. The van der Waals surface area contributed by atoms with Crippen LogP contribution in [0.4, 0.5) is 0 Å². The highest BCUT2D eigenvalue weighted by atomic mass is 16.7. The van der Waals surface area contributed by atoms with Crippen molar-refractivity contribution in [1.29, 1.82) is 0 Å². The maximum Gasteiger partial charge on any atom is 0.187 e. The monoisotopic (exact) mass is 714 g/mol. The van der Waals surface area contributed by atoms with E-state index in [1.54, 1.807) is 0 Å². The molecule has 286 valence electrons. The van der Waals surface area contributed by atoms with Gasteiger partial charge in [-0.3, -0.25) is 0 Å². The molecule has 1 fully saturated rings. The van der Waals surface area contributed by atoms with Gasteiger partial charge in [0.15, 0.2) is 6.29 Å². The lowest BCUT2D eigenvalue weighted by molar-refractivity contribution is -0.322. The van der Waals surface area contributed by atoms with Gasteiger partial charge in [0.25, 0.3) is 0 Å². The molecule has 52 heavy (non-hydrogen) atoms. The molecule has 0 unspecified atom stereocenters. The zero-order valence-corrected chi connectivity index (χ0v) is 33.3. The molecule has 1 rings (SSSR count). The van der Waals surface area contributed by atoms with Gasteiger partial charge in [-0.25, -0.2) is 0 Å². The van der Waals surface area contributed by atoms with Crippen molar-refractivity contribution < 1.29 is 29.9 Å². The van der Waals surface area contributed by atoms with Gasteiger partial charge in [-0.2, -0.15) is 0 Å². The first-order valence-electron chi connectivity index (χ1n) is 18.2. The predicted molar refractivity (Wildman–Crippen MR) is 220 cm³/mol. The van der Waals surface area contributed by atoms with Crippen LogP contribution in [0.25, 0.3) is 0 Å². The Morgan fingerprint density at radius 2 is 1.04 bits per heavy atom. The maximum absolute atomic E-state index is 10.3. The zero-order chi connectivity index (χ0) is 39.1. The van der Waals surface area contributed by atoms with Crippen LogP contribution in [0, 0.1) is 0 Å². The van der Waals surface area contributed by atoms with E-state index in [4.69, 9.17) is 9.47 Å². The Kier molecular flexibility index (Phi) is 22.6. The summed E-state index contributed by atoms with van der Waals surface area (Å²) in [6.45, 7) is 20.0. The van der Waals surface area contributed by atoms with E-state index in [-0.39, 0.29) is 0 Å². The second-order valence-electron chi connectivity index (χ2n) is 14.4. The van der Waals surface area contributed by atoms with Gasteiger partial charge >= 0.3 is 0 Å². The lowest BCUT2D eigenvalue weighted by Crippen LogP contribution is -2.60. The molecule has 0 spiro atoms. The van der Waals surface area contributed by atoms with Gasteiger partial charge in [-0.05, 0) is 88.5 Å². The molecule has 0 aromatic carbocycles. The summed E-state index contributed by atoms with van der Waals surface area (Å²) in [5.74, 6) is 0. The Balaban J connectivity index is 2.56.